The van der Waals surface area contributed by atoms with Gasteiger partial charge in [0.25, 0.3) is 0 Å². The molecule has 0 spiro atoms. The van der Waals surface area contributed by atoms with E-state index in [1.165, 1.54) is 0 Å². The average molecular weight is 260 g/mol. The van der Waals surface area contributed by atoms with Crippen LogP contribution in [0.2, 0.25) is 0 Å². The number of rotatable bonds is 4. The van der Waals surface area contributed by atoms with Crippen molar-refractivity contribution in [1.82, 2.24) is 0 Å². The van der Waals surface area contributed by atoms with Crippen molar-refractivity contribution in [2.24, 2.45) is 17.3 Å². The Morgan fingerprint density at radius 2 is 2.00 bits per heavy atom. The van der Waals surface area contributed by atoms with Gasteiger partial charge in [0.2, 0.25) is 0 Å². The Bertz CT molecular complexity index is 260. The third-order valence-corrected chi connectivity index (χ3v) is 5.12. The maximum Gasteiger partial charge on any atom is 0.307 e. The third-order valence-electron chi connectivity index (χ3n) is 3.76. The van der Waals surface area contributed by atoms with Crippen LogP contribution in [0.15, 0.2) is 0 Å². The van der Waals surface area contributed by atoms with E-state index in [0.29, 0.717) is 11.7 Å². The zero-order valence-electron chi connectivity index (χ0n) is 11.0. The van der Waals surface area contributed by atoms with Crippen molar-refractivity contribution in [3.63, 3.8) is 0 Å². The van der Waals surface area contributed by atoms with Gasteiger partial charge in [0.1, 0.15) is 0 Å². The highest BCUT2D eigenvalue weighted by Crippen LogP contribution is 2.43. The van der Waals surface area contributed by atoms with Gasteiger partial charge in [-0.2, -0.15) is 11.8 Å². The van der Waals surface area contributed by atoms with Gasteiger partial charge in [-0.05, 0) is 30.6 Å². The van der Waals surface area contributed by atoms with Crippen LogP contribution in [0, 0.1) is 17.3 Å². The summed E-state index contributed by atoms with van der Waals surface area (Å²) < 4.78 is 0. The summed E-state index contributed by atoms with van der Waals surface area (Å²) in [4.78, 5) is 11.2. The minimum Gasteiger partial charge on any atom is -0.481 e. The molecule has 3 nitrogen and oxygen atoms in total. The van der Waals surface area contributed by atoms with Gasteiger partial charge in [0.05, 0.1) is 12.5 Å². The number of hydrogen-bond acceptors (Lipinski definition) is 3. The normalized spacial score (nSPS) is 30.2. The molecule has 1 saturated carbocycles. The van der Waals surface area contributed by atoms with Crippen LogP contribution in [0.4, 0.5) is 0 Å². The largest absolute Gasteiger partial charge is 0.481 e. The molecule has 0 saturated heterocycles. The van der Waals surface area contributed by atoms with E-state index in [1.54, 1.807) is 11.8 Å². The van der Waals surface area contributed by atoms with Gasteiger partial charge in [-0.1, -0.05) is 20.8 Å². The highest BCUT2D eigenvalue weighted by molar-refractivity contribution is 7.99. The summed E-state index contributed by atoms with van der Waals surface area (Å²) in [5, 5.41) is 18.3. The Kier molecular flexibility index (Phi) is 5.32. The second kappa shape index (κ2) is 6.10. The molecule has 1 aliphatic carbocycles. The molecule has 0 aliphatic heterocycles. The van der Waals surface area contributed by atoms with E-state index in [9.17, 15) is 9.90 Å². The Morgan fingerprint density at radius 1 is 1.35 bits per heavy atom. The van der Waals surface area contributed by atoms with Crippen molar-refractivity contribution in [3.8, 4) is 0 Å². The molecule has 0 aromatic heterocycles. The molecule has 100 valence electrons. The SMILES string of the molecule is CC(C)(C)C1CCC(C(=O)O)C(SCCO)C1. The summed E-state index contributed by atoms with van der Waals surface area (Å²) >= 11 is 1.62. The topological polar surface area (TPSA) is 57.5 Å². The van der Waals surface area contributed by atoms with Crippen LogP contribution in [0.25, 0.3) is 0 Å². The number of aliphatic carboxylic acids is 1. The molecule has 0 aromatic rings. The van der Waals surface area contributed by atoms with Gasteiger partial charge in [-0.3, -0.25) is 4.79 Å². The number of hydrogen-bond donors (Lipinski definition) is 2. The molecule has 0 bridgehead atoms. The second-order valence-corrected chi connectivity index (χ2v) is 7.30. The number of carboxylic acid groups (broad SMARTS) is 1. The molecule has 0 aromatic carbocycles. The Labute approximate surface area is 108 Å². The minimum atomic E-state index is -0.673. The van der Waals surface area contributed by atoms with Gasteiger partial charge >= 0.3 is 5.97 Å². The number of carboxylic acids is 1. The molecule has 1 fully saturated rings. The lowest BCUT2D eigenvalue weighted by atomic mass is 9.69. The lowest BCUT2D eigenvalue weighted by Crippen LogP contribution is -2.37. The van der Waals surface area contributed by atoms with E-state index in [-0.39, 0.29) is 23.2 Å². The summed E-state index contributed by atoms with van der Waals surface area (Å²) in [5.74, 6) is 0.331. The van der Waals surface area contributed by atoms with E-state index < -0.39 is 5.97 Å². The first-order chi connectivity index (χ1) is 7.86. The zero-order valence-corrected chi connectivity index (χ0v) is 11.8. The molecule has 17 heavy (non-hydrogen) atoms. The molecule has 1 rings (SSSR count). The maximum atomic E-state index is 11.2. The first-order valence-corrected chi connectivity index (χ1v) is 7.36. The smallest absolute Gasteiger partial charge is 0.307 e. The Balaban J connectivity index is 2.66. The number of thioether (sulfide) groups is 1. The fourth-order valence-corrected chi connectivity index (χ4v) is 3.85. The second-order valence-electron chi connectivity index (χ2n) is 5.95. The molecular weight excluding hydrogens is 236 g/mol. The predicted octanol–water partition coefficient (Wildman–Crippen LogP) is 2.63. The van der Waals surface area contributed by atoms with Crippen molar-refractivity contribution in [2.45, 2.75) is 45.3 Å². The van der Waals surface area contributed by atoms with Crippen LogP contribution in [0.3, 0.4) is 0 Å². The van der Waals surface area contributed by atoms with Crippen LogP contribution in [0.5, 0.6) is 0 Å². The van der Waals surface area contributed by atoms with Crippen LogP contribution < -0.4 is 0 Å². The molecule has 2 N–H and O–H groups in total. The lowest BCUT2D eigenvalue weighted by molar-refractivity contribution is -0.143. The van der Waals surface area contributed by atoms with Gasteiger partial charge in [0, 0.05) is 11.0 Å². The van der Waals surface area contributed by atoms with Crippen LogP contribution in [-0.4, -0.2) is 33.8 Å². The van der Waals surface area contributed by atoms with E-state index in [1.807, 2.05) is 0 Å². The zero-order chi connectivity index (χ0) is 13.1. The Hall–Kier alpha value is -0.220. The summed E-state index contributed by atoms with van der Waals surface area (Å²) in [6.45, 7) is 6.82. The maximum absolute atomic E-state index is 11.2. The van der Waals surface area contributed by atoms with Gasteiger partial charge < -0.3 is 10.2 Å². The van der Waals surface area contributed by atoms with Gasteiger partial charge in [-0.25, -0.2) is 0 Å². The highest BCUT2D eigenvalue weighted by atomic mass is 32.2. The monoisotopic (exact) mass is 260 g/mol. The molecule has 0 amide bonds. The van der Waals surface area contributed by atoms with Crippen LogP contribution >= 0.6 is 11.8 Å². The van der Waals surface area contributed by atoms with E-state index in [2.05, 4.69) is 20.8 Å². The number of aliphatic hydroxyl groups excluding tert-OH is 1. The molecule has 3 atom stereocenters. The standard InChI is InChI=1S/C13H24O3S/c1-13(2,3)9-4-5-10(12(15)16)11(8-9)17-7-6-14/h9-11,14H,4-8H2,1-3H3,(H,15,16). The molecule has 1 aliphatic rings. The summed E-state index contributed by atoms with van der Waals surface area (Å²) in [6.07, 6.45) is 2.75. The summed E-state index contributed by atoms with van der Waals surface area (Å²) in [6, 6.07) is 0. The summed E-state index contributed by atoms with van der Waals surface area (Å²) in [7, 11) is 0. The minimum absolute atomic E-state index is 0.133. The highest BCUT2D eigenvalue weighted by Gasteiger charge is 2.38. The summed E-state index contributed by atoms with van der Waals surface area (Å²) in [5.41, 5.74) is 0.251. The first kappa shape index (κ1) is 14.8. The van der Waals surface area contributed by atoms with Crippen molar-refractivity contribution in [3.05, 3.63) is 0 Å². The molecule has 0 radical (unpaired) electrons. The fourth-order valence-electron chi connectivity index (χ4n) is 2.59. The van der Waals surface area contributed by atoms with Crippen LogP contribution in [-0.2, 0) is 4.79 Å². The lowest BCUT2D eigenvalue weighted by Gasteiger charge is -2.40. The first-order valence-electron chi connectivity index (χ1n) is 6.31. The quantitative estimate of drug-likeness (QED) is 0.816. The molecular formula is C13H24O3S. The van der Waals surface area contributed by atoms with Crippen molar-refractivity contribution in [1.29, 1.82) is 0 Å². The average Bonchev–Trinajstić information content (AvgIpc) is 2.24. The van der Waals surface area contributed by atoms with Crippen molar-refractivity contribution >= 4 is 17.7 Å². The van der Waals surface area contributed by atoms with E-state index in [4.69, 9.17) is 5.11 Å². The van der Waals surface area contributed by atoms with E-state index in [0.717, 1.165) is 19.3 Å². The Morgan fingerprint density at radius 3 is 2.47 bits per heavy atom. The van der Waals surface area contributed by atoms with Crippen molar-refractivity contribution in [2.75, 3.05) is 12.4 Å². The van der Waals surface area contributed by atoms with Gasteiger partial charge in [-0.15, -0.1) is 0 Å². The third kappa shape index (κ3) is 4.18. The van der Waals surface area contributed by atoms with Crippen molar-refractivity contribution < 1.29 is 15.0 Å². The number of aliphatic hydroxyl groups is 1. The van der Waals surface area contributed by atoms with Crippen LogP contribution in [0.1, 0.15) is 40.0 Å². The van der Waals surface area contributed by atoms with Gasteiger partial charge in [0.15, 0.2) is 0 Å². The molecule has 4 heteroatoms. The molecule has 0 heterocycles. The fraction of sp³-hybridized carbons (Fsp3) is 0.923. The molecule has 3 unspecified atom stereocenters. The predicted molar refractivity (Wildman–Crippen MR) is 71.3 cm³/mol. The van der Waals surface area contributed by atoms with E-state index >= 15 is 0 Å². The number of carbonyl (C=O) groups is 1.